The first-order valence-electron chi connectivity index (χ1n) is 6.95. The molecule has 1 fully saturated rings. The highest BCUT2D eigenvalue weighted by molar-refractivity contribution is 9.10. The molecule has 2 rings (SSSR count). The standard InChI is InChI=1S/C14H24BrN3/c1-5-10-13(15)11(18(4)17-10)9-12(16-6-2)14(3)7-8-14/h12,16H,5-9H2,1-4H3. The Morgan fingerprint density at radius 3 is 2.56 bits per heavy atom. The number of nitrogens with zero attached hydrogens (tertiary/aromatic N) is 2. The van der Waals surface area contributed by atoms with Gasteiger partial charge in [0.15, 0.2) is 0 Å². The lowest BCUT2D eigenvalue weighted by Crippen LogP contribution is -2.38. The van der Waals surface area contributed by atoms with Crippen LogP contribution in [0.25, 0.3) is 0 Å². The highest BCUT2D eigenvalue weighted by Gasteiger charge is 2.44. The minimum Gasteiger partial charge on any atom is -0.313 e. The number of aryl methyl sites for hydroxylation is 2. The third-order valence-electron chi connectivity index (χ3n) is 4.23. The summed E-state index contributed by atoms with van der Waals surface area (Å²) in [4.78, 5) is 0. The number of halogens is 1. The van der Waals surface area contributed by atoms with Crippen molar-refractivity contribution in [2.24, 2.45) is 12.5 Å². The lowest BCUT2D eigenvalue weighted by molar-refractivity contribution is 0.354. The Bertz CT molecular complexity index is 421. The van der Waals surface area contributed by atoms with E-state index in [0.29, 0.717) is 11.5 Å². The second-order valence-corrected chi connectivity index (χ2v) is 6.45. The SMILES string of the molecule is CCNC(Cc1c(Br)c(CC)nn1C)C1(C)CC1. The molecule has 0 bridgehead atoms. The van der Waals surface area contributed by atoms with Crippen molar-refractivity contribution in [1.82, 2.24) is 15.1 Å². The molecule has 0 amide bonds. The van der Waals surface area contributed by atoms with Crippen LogP contribution >= 0.6 is 15.9 Å². The molecule has 1 saturated carbocycles. The molecule has 1 aliphatic carbocycles. The van der Waals surface area contributed by atoms with Crippen molar-refractivity contribution < 1.29 is 0 Å². The number of likely N-dealkylation sites (N-methyl/N-ethyl adjacent to an activating group) is 1. The van der Waals surface area contributed by atoms with Crippen LogP contribution in [0.3, 0.4) is 0 Å². The molecule has 1 heterocycles. The van der Waals surface area contributed by atoms with E-state index in [1.807, 2.05) is 4.68 Å². The van der Waals surface area contributed by atoms with Crippen molar-refractivity contribution in [2.75, 3.05) is 6.54 Å². The molecule has 0 saturated heterocycles. The third kappa shape index (κ3) is 2.64. The molecule has 0 radical (unpaired) electrons. The molecule has 1 unspecified atom stereocenters. The van der Waals surface area contributed by atoms with Crippen LogP contribution in [0.15, 0.2) is 4.47 Å². The molecule has 1 N–H and O–H groups in total. The smallest absolute Gasteiger partial charge is 0.0766 e. The minimum absolute atomic E-state index is 0.492. The van der Waals surface area contributed by atoms with Gasteiger partial charge in [-0.2, -0.15) is 5.10 Å². The van der Waals surface area contributed by atoms with Crippen molar-refractivity contribution in [3.63, 3.8) is 0 Å². The zero-order valence-corrected chi connectivity index (χ0v) is 13.5. The maximum Gasteiger partial charge on any atom is 0.0766 e. The maximum atomic E-state index is 4.59. The van der Waals surface area contributed by atoms with Gasteiger partial charge in [-0.1, -0.05) is 20.8 Å². The first-order valence-corrected chi connectivity index (χ1v) is 7.74. The summed E-state index contributed by atoms with van der Waals surface area (Å²) in [5.74, 6) is 0. The van der Waals surface area contributed by atoms with Gasteiger partial charge in [0.05, 0.1) is 15.9 Å². The fraction of sp³-hybridized carbons (Fsp3) is 0.786. The number of aromatic nitrogens is 2. The molecule has 1 atom stereocenters. The fourth-order valence-electron chi connectivity index (χ4n) is 2.59. The molecule has 0 aliphatic heterocycles. The minimum atomic E-state index is 0.492. The molecule has 3 nitrogen and oxygen atoms in total. The largest absolute Gasteiger partial charge is 0.313 e. The van der Waals surface area contributed by atoms with Crippen molar-refractivity contribution in [1.29, 1.82) is 0 Å². The van der Waals surface area contributed by atoms with Gasteiger partial charge < -0.3 is 5.32 Å². The van der Waals surface area contributed by atoms with Gasteiger partial charge >= 0.3 is 0 Å². The second kappa shape index (κ2) is 5.33. The van der Waals surface area contributed by atoms with E-state index < -0.39 is 0 Å². The van der Waals surface area contributed by atoms with Crippen LogP contribution in [0, 0.1) is 5.41 Å². The topological polar surface area (TPSA) is 29.9 Å². The number of hydrogen-bond acceptors (Lipinski definition) is 2. The van der Waals surface area contributed by atoms with Gasteiger partial charge in [-0.25, -0.2) is 0 Å². The Hall–Kier alpha value is -0.350. The van der Waals surface area contributed by atoms with Gasteiger partial charge in [-0.05, 0) is 47.2 Å². The summed E-state index contributed by atoms with van der Waals surface area (Å²) >= 11 is 3.72. The first-order chi connectivity index (χ1) is 8.51. The summed E-state index contributed by atoms with van der Waals surface area (Å²) in [5, 5.41) is 8.24. The molecular weight excluding hydrogens is 290 g/mol. The number of rotatable bonds is 6. The number of hydrogen-bond donors (Lipinski definition) is 1. The van der Waals surface area contributed by atoms with E-state index in [2.05, 4.69) is 54.2 Å². The summed E-state index contributed by atoms with van der Waals surface area (Å²) in [6.45, 7) is 7.77. The van der Waals surface area contributed by atoms with Gasteiger partial charge in [0.25, 0.3) is 0 Å². The van der Waals surface area contributed by atoms with E-state index in [4.69, 9.17) is 0 Å². The molecule has 1 aromatic rings. The Morgan fingerprint density at radius 1 is 1.44 bits per heavy atom. The lowest BCUT2D eigenvalue weighted by Gasteiger charge is -2.24. The van der Waals surface area contributed by atoms with Gasteiger partial charge in [0.2, 0.25) is 0 Å². The first kappa shape index (κ1) is 14.1. The Morgan fingerprint density at radius 2 is 2.11 bits per heavy atom. The van der Waals surface area contributed by atoms with Crippen LogP contribution in [0.1, 0.15) is 45.0 Å². The molecule has 4 heteroatoms. The van der Waals surface area contributed by atoms with E-state index in [1.165, 1.54) is 28.7 Å². The van der Waals surface area contributed by atoms with Gasteiger partial charge in [0.1, 0.15) is 0 Å². The molecule has 18 heavy (non-hydrogen) atoms. The van der Waals surface area contributed by atoms with E-state index in [1.54, 1.807) is 0 Å². The highest BCUT2D eigenvalue weighted by atomic mass is 79.9. The fourth-order valence-corrected chi connectivity index (χ4v) is 3.37. The second-order valence-electron chi connectivity index (χ2n) is 5.65. The Balaban J connectivity index is 2.18. The summed E-state index contributed by atoms with van der Waals surface area (Å²) in [7, 11) is 2.05. The van der Waals surface area contributed by atoms with Gasteiger partial charge in [-0.15, -0.1) is 0 Å². The van der Waals surface area contributed by atoms with Crippen LogP contribution < -0.4 is 5.32 Å². The Kier molecular flexibility index (Phi) is 4.17. The highest BCUT2D eigenvalue weighted by Crippen LogP contribution is 2.49. The van der Waals surface area contributed by atoms with Crippen LogP contribution in [0.4, 0.5) is 0 Å². The normalized spacial score (nSPS) is 18.9. The summed E-state index contributed by atoms with van der Waals surface area (Å²) < 4.78 is 3.25. The molecule has 1 aromatic heterocycles. The van der Waals surface area contributed by atoms with Crippen LogP contribution in [0.2, 0.25) is 0 Å². The summed E-state index contributed by atoms with van der Waals surface area (Å²) in [5.41, 5.74) is 2.99. The van der Waals surface area contributed by atoms with Crippen molar-refractivity contribution >= 4 is 15.9 Å². The quantitative estimate of drug-likeness (QED) is 0.874. The number of nitrogens with one attached hydrogen (secondary N) is 1. The van der Waals surface area contributed by atoms with E-state index >= 15 is 0 Å². The van der Waals surface area contributed by atoms with E-state index in [9.17, 15) is 0 Å². The average Bonchev–Trinajstić information content (AvgIpc) is 3.03. The molecular formula is C14H24BrN3. The van der Waals surface area contributed by atoms with Crippen LogP contribution in [0.5, 0.6) is 0 Å². The van der Waals surface area contributed by atoms with E-state index in [0.717, 1.165) is 19.4 Å². The zero-order valence-electron chi connectivity index (χ0n) is 11.9. The Labute approximate surface area is 118 Å². The summed E-state index contributed by atoms with van der Waals surface area (Å²) in [6, 6.07) is 0.568. The van der Waals surface area contributed by atoms with Crippen LogP contribution in [-0.2, 0) is 19.9 Å². The molecule has 0 aromatic carbocycles. The lowest BCUT2D eigenvalue weighted by atomic mass is 9.94. The van der Waals surface area contributed by atoms with Crippen molar-refractivity contribution in [3.05, 3.63) is 15.9 Å². The molecule has 1 aliphatic rings. The van der Waals surface area contributed by atoms with Crippen molar-refractivity contribution in [2.45, 2.75) is 52.5 Å². The monoisotopic (exact) mass is 313 g/mol. The molecule has 102 valence electrons. The van der Waals surface area contributed by atoms with Crippen LogP contribution in [-0.4, -0.2) is 22.4 Å². The predicted molar refractivity (Wildman–Crippen MR) is 78.8 cm³/mol. The van der Waals surface area contributed by atoms with Gasteiger partial charge in [-0.3, -0.25) is 4.68 Å². The zero-order chi connectivity index (χ0) is 13.3. The van der Waals surface area contributed by atoms with E-state index in [-0.39, 0.29) is 0 Å². The van der Waals surface area contributed by atoms with Crippen molar-refractivity contribution in [3.8, 4) is 0 Å². The predicted octanol–water partition coefficient (Wildman–Crippen LogP) is 3.07. The van der Waals surface area contributed by atoms with Gasteiger partial charge in [0, 0.05) is 19.5 Å². The third-order valence-corrected chi connectivity index (χ3v) is 5.15. The maximum absolute atomic E-state index is 4.59. The average molecular weight is 314 g/mol. The summed E-state index contributed by atoms with van der Waals surface area (Å²) in [6.07, 6.45) is 4.74. The molecule has 0 spiro atoms.